The second kappa shape index (κ2) is 5.71. The normalized spacial score (nSPS) is 20.3. The van der Waals surface area contributed by atoms with Crippen LogP contribution in [0.15, 0.2) is 18.2 Å². The summed E-state index contributed by atoms with van der Waals surface area (Å²) in [5, 5.41) is 0. The van der Waals surface area contributed by atoms with Gasteiger partial charge >= 0.3 is 7.12 Å². The van der Waals surface area contributed by atoms with Crippen molar-refractivity contribution in [3.63, 3.8) is 0 Å². The molecule has 0 radical (unpaired) electrons. The minimum atomic E-state index is -0.517. The summed E-state index contributed by atoms with van der Waals surface area (Å²) in [5.74, 6) is -0.248. The number of rotatable bonds is 4. The van der Waals surface area contributed by atoms with Crippen LogP contribution in [0.1, 0.15) is 40.2 Å². The first-order valence-corrected chi connectivity index (χ1v) is 7.48. The maximum absolute atomic E-state index is 13.9. The van der Waals surface area contributed by atoms with E-state index in [1.165, 1.54) is 6.07 Å². The Morgan fingerprint density at radius 1 is 1.10 bits per heavy atom. The number of nitrogens with zero attached hydrogens (tertiary/aromatic N) is 1. The zero-order valence-electron chi connectivity index (χ0n) is 13.9. The highest BCUT2D eigenvalue weighted by molar-refractivity contribution is 6.62. The van der Waals surface area contributed by atoms with Crippen LogP contribution in [0, 0.1) is 5.82 Å². The summed E-state index contributed by atoms with van der Waals surface area (Å²) in [4.78, 5) is 2.13. The van der Waals surface area contributed by atoms with Crippen molar-refractivity contribution in [1.82, 2.24) is 4.90 Å². The minimum absolute atomic E-state index is 0.248. The van der Waals surface area contributed by atoms with Crippen molar-refractivity contribution >= 4 is 12.6 Å². The second-order valence-electron chi connectivity index (χ2n) is 6.81. The molecule has 0 N–H and O–H groups in total. The van der Waals surface area contributed by atoms with Crippen LogP contribution in [0.2, 0.25) is 0 Å². The third kappa shape index (κ3) is 3.47. The molecule has 2 rings (SSSR count). The number of hydrogen-bond acceptors (Lipinski definition) is 3. The van der Waals surface area contributed by atoms with E-state index >= 15 is 0 Å². The molecule has 0 bridgehead atoms. The molecule has 1 aromatic carbocycles. The standard InChI is InChI=1S/C16H25BFNO2/c1-7-19(6)11-12-8-13(10-14(18)9-12)17-20-15(2,3)16(4,5)21-17/h8-10H,7,11H2,1-6H3. The van der Waals surface area contributed by atoms with E-state index in [1.54, 1.807) is 6.07 Å². The smallest absolute Gasteiger partial charge is 0.399 e. The summed E-state index contributed by atoms with van der Waals surface area (Å²) in [6.07, 6.45) is 0. The van der Waals surface area contributed by atoms with Gasteiger partial charge in [0.1, 0.15) is 5.82 Å². The topological polar surface area (TPSA) is 21.7 Å². The average Bonchev–Trinajstić information content (AvgIpc) is 2.57. The molecule has 1 aliphatic heterocycles. The molecule has 0 spiro atoms. The highest BCUT2D eigenvalue weighted by Gasteiger charge is 2.51. The number of halogens is 1. The first kappa shape index (κ1) is 16.5. The monoisotopic (exact) mass is 293 g/mol. The van der Waals surface area contributed by atoms with E-state index in [1.807, 2.05) is 40.8 Å². The fourth-order valence-electron chi connectivity index (χ4n) is 2.31. The van der Waals surface area contributed by atoms with Crippen molar-refractivity contribution < 1.29 is 13.7 Å². The number of benzene rings is 1. The zero-order chi connectivity index (χ0) is 15.8. The molecule has 0 aromatic heterocycles. The molecule has 3 nitrogen and oxygen atoms in total. The summed E-state index contributed by atoms with van der Waals surface area (Å²) in [6.45, 7) is 11.7. The fraction of sp³-hybridized carbons (Fsp3) is 0.625. The van der Waals surface area contributed by atoms with Crippen LogP contribution >= 0.6 is 0 Å². The van der Waals surface area contributed by atoms with Crippen molar-refractivity contribution in [2.24, 2.45) is 0 Å². The van der Waals surface area contributed by atoms with E-state index in [2.05, 4.69) is 11.8 Å². The van der Waals surface area contributed by atoms with Crippen molar-refractivity contribution in [2.45, 2.75) is 52.4 Å². The first-order chi connectivity index (χ1) is 9.64. The Bertz CT molecular complexity index is 503. The Morgan fingerprint density at radius 3 is 2.19 bits per heavy atom. The van der Waals surface area contributed by atoms with Crippen LogP contribution in [0.25, 0.3) is 0 Å². The van der Waals surface area contributed by atoms with Gasteiger partial charge in [-0.25, -0.2) is 4.39 Å². The molecule has 0 saturated carbocycles. The highest BCUT2D eigenvalue weighted by atomic mass is 19.1. The Balaban J connectivity index is 2.25. The second-order valence-corrected chi connectivity index (χ2v) is 6.81. The first-order valence-electron chi connectivity index (χ1n) is 7.48. The van der Waals surface area contributed by atoms with Gasteiger partial charge < -0.3 is 14.2 Å². The lowest BCUT2D eigenvalue weighted by atomic mass is 9.78. The minimum Gasteiger partial charge on any atom is -0.399 e. The maximum Gasteiger partial charge on any atom is 0.494 e. The van der Waals surface area contributed by atoms with E-state index < -0.39 is 18.3 Å². The lowest BCUT2D eigenvalue weighted by molar-refractivity contribution is 0.00578. The van der Waals surface area contributed by atoms with E-state index in [-0.39, 0.29) is 5.82 Å². The summed E-state index contributed by atoms with van der Waals surface area (Å²) in [7, 11) is 1.50. The van der Waals surface area contributed by atoms with Gasteiger partial charge in [0, 0.05) is 6.54 Å². The Morgan fingerprint density at radius 2 is 1.67 bits per heavy atom. The van der Waals surface area contributed by atoms with Gasteiger partial charge in [0.25, 0.3) is 0 Å². The van der Waals surface area contributed by atoms with Gasteiger partial charge in [-0.1, -0.05) is 13.0 Å². The SMILES string of the molecule is CCN(C)Cc1cc(F)cc(B2OC(C)(C)C(C)(C)O2)c1. The quantitative estimate of drug-likeness (QED) is 0.796. The van der Waals surface area contributed by atoms with Crippen LogP contribution < -0.4 is 5.46 Å². The predicted octanol–water partition coefficient (Wildman–Crippen LogP) is 2.58. The van der Waals surface area contributed by atoms with Crippen LogP contribution in [0.3, 0.4) is 0 Å². The summed E-state index contributed by atoms with van der Waals surface area (Å²) < 4.78 is 25.9. The summed E-state index contributed by atoms with van der Waals surface area (Å²) in [5.41, 5.74) is 0.853. The third-order valence-electron chi connectivity index (χ3n) is 4.50. The van der Waals surface area contributed by atoms with Crippen LogP contribution in [-0.4, -0.2) is 36.8 Å². The van der Waals surface area contributed by atoms with E-state index in [9.17, 15) is 4.39 Å². The van der Waals surface area contributed by atoms with E-state index in [0.717, 1.165) is 17.6 Å². The molecular formula is C16H25BFNO2. The molecular weight excluding hydrogens is 268 g/mol. The van der Waals surface area contributed by atoms with Crippen LogP contribution in [0.4, 0.5) is 4.39 Å². The van der Waals surface area contributed by atoms with Crippen molar-refractivity contribution in [1.29, 1.82) is 0 Å². The molecule has 1 aliphatic rings. The lowest BCUT2D eigenvalue weighted by Gasteiger charge is -2.32. The van der Waals surface area contributed by atoms with Crippen LogP contribution in [-0.2, 0) is 15.9 Å². The van der Waals surface area contributed by atoms with E-state index in [4.69, 9.17) is 9.31 Å². The molecule has 0 atom stereocenters. The average molecular weight is 293 g/mol. The van der Waals surface area contributed by atoms with Gasteiger partial charge in [-0.2, -0.15) is 0 Å². The van der Waals surface area contributed by atoms with Crippen molar-refractivity contribution in [3.05, 3.63) is 29.6 Å². The largest absolute Gasteiger partial charge is 0.494 e. The molecule has 5 heteroatoms. The molecule has 1 fully saturated rings. The molecule has 1 heterocycles. The van der Waals surface area contributed by atoms with Gasteiger partial charge in [-0.15, -0.1) is 0 Å². The molecule has 1 aromatic rings. The Hall–Kier alpha value is -0.905. The predicted molar refractivity (Wildman–Crippen MR) is 84.1 cm³/mol. The molecule has 0 unspecified atom stereocenters. The summed E-state index contributed by atoms with van der Waals surface area (Å²) in [6, 6.07) is 5.04. The van der Waals surface area contributed by atoms with Crippen LogP contribution in [0.5, 0.6) is 0 Å². The van der Waals surface area contributed by atoms with Gasteiger partial charge in [-0.3, -0.25) is 0 Å². The maximum atomic E-state index is 13.9. The molecule has 116 valence electrons. The third-order valence-corrected chi connectivity index (χ3v) is 4.50. The highest BCUT2D eigenvalue weighted by Crippen LogP contribution is 2.36. The van der Waals surface area contributed by atoms with Gasteiger partial charge in [0.2, 0.25) is 0 Å². The molecule has 0 aliphatic carbocycles. The number of hydrogen-bond donors (Lipinski definition) is 0. The molecule has 21 heavy (non-hydrogen) atoms. The molecule has 1 saturated heterocycles. The van der Waals surface area contributed by atoms with E-state index in [0.29, 0.717) is 6.54 Å². The van der Waals surface area contributed by atoms with Crippen molar-refractivity contribution in [3.8, 4) is 0 Å². The fourth-order valence-corrected chi connectivity index (χ4v) is 2.31. The Labute approximate surface area is 127 Å². The molecule has 0 amide bonds. The lowest BCUT2D eigenvalue weighted by Crippen LogP contribution is -2.41. The van der Waals surface area contributed by atoms with Gasteiger partial charge in [0.15, 0.2) is 0 Å². The summed E-state index contributed by atoms with van der Waals surface area (Å²) >= 11 is 0. The van der Waals surface area contributed by atoms with Gasteiger partial charge in [0.05, 0.1) is 11.2 Å². The zero-order valence-corrected chi connectivity index (χ0v) is 13.9. The Kier molecular flexibility index (Phi) is 4.48. The van der Waals surface area contributed by atoms with Crippen molar-refractivity contribution in [2.75, 3.05) is 13.6 Å². The van der Waals surface area contributed by atoms with Gasteiger partial charge in [-0.05, 0) is 64.4 Å².